The van der Waals surface area contributed by atoms with E-state index in [0.717, 1.165) is 21.2 Å². The van der Waals surface area contributed by atoms with Crippen molar-refractivity contribution in [1.29, 1.82) is 0 Å². The first-order valence-electron chi connectivity index (χ1n) is 5.76. The summed E-state index contributed by atoms with van der Waals surface area (Å²) in [5.74, 6) is 0. The molecular weight excluding hydrogens is 294 g/mol. The molecule has 0 saturated carbocycles. The average molecular weight is 310 g/mol. The van der Waals surface area contributed by atoms with Gasteiger partial charge in [0.05, 0.1) is 22.8 Å². The number of anilines is 1. The van der Waals surface area contributed by atoms with Crippen LogP contribution in [0, 0.1) is 0 Å². The van der Waals surface area contributed by atoms with Crippen LogP contribution < -0.4 is 5.32 Å². The van der Waals surface area contributed by atoms with Gasteiger partial charge in [-0.05, 0) is 48.8 Å². The van der Waals surface area contributed by atoms with Crippen molar-refractivity contribution in [1.82, 2.24) is 9.97 Å². The van der Waals surface area contributed by atoms with Crippen LogP contribution in [0.1, 0.15) is 20.8 Å². The maximum atomic E-state index is 9.75. The summed E-state index contributed by atoms with van der Waals surface area (Å²) in [4.78, 5) is 8.65. The molecule has 0 aliphatic rings. The van der Waals surface area contributed by atoms with E-state index in [2.05, 4.69) is 31.2 Å². The molecule has 0 aliphatic carbocycles. The second kappa shape index (κ2) is 4.82. The van der Waals surface area contributed by atoms with Crippen molar-refractivity contribution in [2.75, 3.05) is 5.32 Å². The summed E-state index contributed by atoms with van der Waals surface area (Å²) < 4.78 is 0.898. The van der Waals surface area contributed by atoms with Gasteiger partial charge >= 0.3 is 0 Å². The minimum Gasteiger partial charge on any atom is -0.391 e. The summed E-state index contributed by atoms with van der Waals surface area (Å²) in [6, 6.07) is 3.79. The van der Waals surface area contributed by atoms with Crippen LogP contribution >= 0.6 is 15.9 Å². The van der Waals surface area contributed by atoms with Crippen LogP contribution in [0.2, 0.25) is 0 Å². The fourth-order valence-corrected chi connectivity index (χ4v) is 1.88. The largest absolute Gasteiger partial charge is 0.391 e. The highest BCUT2D eigenvalue weighted by molar-refractivity contribution is 9.10. The molecule has 2 aromatic rings. The Kier molecular flexibility index (Phi) is 3.54. The van der Waals surface area contributed by atoms with Crippen LogP contribution in [0.15, 0.2) is 29.0 Å². The number of pyridine rings is 2. The Morgan fingerprint density at radius 1 is 1.39 bits per heavy atom. The molecule has 4 nitrogen and oxygen atoms in total. The Morgan fingerprint density at radius 2 is 2.11 bits per heavy atom. The molecule has 0 aliphatic heterocycles. The molecule has 0 saturated heterocycles. The minimum atomic E-state index is -0.476. The summed E-state index contributed by atoms with van der Waals surface area (Å²) in [5.41, 5.74) is 2.06. The monoisotopic (exact) mass is 309 g/mol. The summed E-state index contributed by atoms with van der Waals surface area (Å²) in [6.45, 7) is 5.66. The van der Waals surface area contributed by atoms with Crippen LogP contribution in [0.3, 0.4) is 0 Å². The molecule has 0 radical (unpaired) electrons. The number of aromatic nitrogens is 2. The minimum absolute atomic E-state index is 0.428. The van der Waals surface area contributed by atoms with Gasteiger partial charge in [-0.15, -0.1) is 0 Å². The molecule has 0 fully saturated rings. The molecule has 0 spiro atoms. The Morgan fingerprint density at radius 3 is 2.78 bits per heavy atom. The fourth-order valence-electron chi connectivity index (χ4n) is 1.56. The van der Waals surface area contributed by atoms with Gasteiger partial charge in [-0.25, -0.2) is 0 Å². The third-order valence-corrected chi connectivity index (χ3v) is 3.48. The van der Waals surface area contributed by atoms with E-state index in [0.29, 0.717) is 0 Å². The molecule has 2 rings (SSSR count). The van der Waals surface area contributed by atoms with Crippen LogP contribution in [-0.2, 0) is 0 Å². The maximum absolute atomic E-state index is 9.75. The Labute approximate surface area is 115 Å². The van der Waals surface area contributed by atoms with E-state index in [1.165, 1.54) is 0 Å². The van der Waals surface area contributed by atoms with Crippen molar-refractivity contribution in [3.63, 3.8) is 0 Å². The lowest BCUT2D eigenvalue weighted by molar-refractivity contribution is 0.133. The molecule has 2 aromatic heterocycles. The first kappa shape index (κ1) is 13.2. The molecule has 0 amide bonds. The molecule has 2 heterocycles. The topological polar surface area (TPSA) is 58.0 Å². The zero-order chi connectivity index (χ0) is 13.3. The molecule has 0 aromatic carbocycles. The molecule has 5 heteroatoms. The summed E-state index contributed by atoms with van der Waals surface area (Å²) >= 11 is 3.38. The molecule has 1 atom stereocenters. The highest BCUT2D eigenvalue weighted by atomic mass is 79.9. The van der Waals surface area contributed by atoms with Gasteiger partial charge in [-0.2, -0.15) is 0 Å². The lowest BCUT2D eigenvalue weighted by Gasteiger charge is -2.30. The smallest absolute Gasteiger partial charge is 0.112 e. The number of hydrogen-bond acceptors (Lipinski definition) is 4. The molecule has 1 unspecified atom stereocenters. The van der Waals surface area contributed by atoms with Crippen molar-refractivity contribution in [3.8, 4) is 0 Å². The van der Waals surface area contributed by atoms with Crippen molar-refractivity contribution in [2.24, 2.45) is 0 Å². The number of aliphatic hydroxyl groups is 1. The van der Waals surface area contributed by atoms with Crippen LogP contribution in [-0.4, -0.2) is 26.7 Å². The number of nitrogens with one attached hydrogen (secondary N) is 1. The normalized spacial score (nSPS) is 13.6. The Hall–Kier alpha value is -1.20. The molecule has 18 heavy (non-hydrogen) atoms. The highest BCUT2D eigenvalue weighted by Gasteiger charge is 2.24. The predicted molar refractivity (Wildman–Crippen MR) is 76.6 cm³/mol. The summed E-state index contributed by atoms with van der Waals surface area (Å²) in [6.07, 6.45) is 3.00. The fraction of sp³-hybridized carbons (Fsp3) is 0.385. The van der Waals surface area contributed by atoms with Crippen LogP contribution in [0.25, 0.3) is 11.0 Å². The van der Waals surface area contributed by atoms with E-state index in [1.54, 1.807) is 19.3 Å². The quantitative estimate of drug-likeness (QED) is 0.915. The van der Waals surface area contributed by atoms with E-state index >= 15 is 0 Å². The number of aliphatic hydroxyl groups excluding tert-OH is 1. The van der Waals surface area contributed by atoms with E-state index in [1.807, 2.05) is 26.0 Å². The van der Waals surface area contributed by atoms with Gasteiger partial charge < -0.3 is 10.4 Å². The van der Waals surface area contributed by atoms with Gasteiger partial charge in [0.15, 0.2) is 0 Å². The Bertz CT molecular complexity index is 569. The molecule has 96 valence electrons. The third-order valence-electron chi connectivity index (χ3n) is 3.05. The van der Waals surface area contributed by atoms with Crippen molar-refractivity contribution in [3.05, 3.63) is 29.0 Å². The van der Waals surface area contributed by atoms with Gasteiger partial charge in [-0.3, -0.25) is 9.97 Å². The average Bonchev–Trinajstić information content (AvgIpc) is 2.28. The van der Waals surface area contributed by atoms with Gasteiger partial charge in [0, 0.05) is 16.9 Å². The first-order valence-corrected chi connectivity index (χ1v) is 6.56. The van der Waals surface area contributed by atoms with Gasteiger partial charge in [-0.1, -0.05) is 0 Å². The number of fused-ring (bicyclic) bond motifs is 1. The van der Waals surface area contributed by atoms with Gasteiger partial charge in [0.25, 0.3) is 0 Å². The second-order valence-electron chi connectivity index (χ2n) is 4.90. The zero-order valence-electron chi connectivity index (χ0n) is 10.6. The summed E-state index contributed by atoms with van der Waals surface area (Å²) in [7, 11) is 0. The standard InChI is InChI=1S/C13H16BrN3O/c1-8(18)13(2,3)17-10-4-5-15-11-6-9(14)7-16-12(10)11/h4-8,18H,1-3H3,(H,15,17). The van der Waals surface area contributed by atoms with Crippen LogP contribution in [0.5, 0.6) is 0 Å². The second-order valence-corrected chi connectivity index (χ2v) is 5.82. The predicted octanol–water partition coefficient (Wildman–Crippen LogP) is 2.96. The number of rotatable bonds is 3. The number of hydrogen-bond donors (Lipinski definition) is 2. The molecule has 0 bridgehead atoms. The molecular formula is C13H16BrN3O. The van der Waals surface area contributed by atoms with E-state index in [9.17, 15) is 5.11 Å². The van der Waals surface area contributed by atoms with Crippen LogP contribution in [0.4, 0.5) is 5.69 Å². The number of halogens is 1. The van der Waals surface area contributed by atoms with E-state index < -0.39 is 11.6 Å². The van der Waals surface area contributed by atoms with Crippen molar-refractivity contribution < 1.29 is 5.11 Å². The van der Waals surface area contributed by atoms with Gasteiger partial charge in [0.1, 0.15) is 5.52 Å². The zero-order valence-corrected chi connectivity index (χ0v) is 12.2. The highest BCUT2D eigenvalue weighted by Crippen LogP contribution is 2.25. The van der Waals surface area contributed by atoms with E-state index in [4.69, 9.17) is 0 Å². The summed E-state index contributed by atoms with van der Waals surface area (Å²) in [5, 5.41) is 13.1. The lowest BCUT2D eigenvalue weighted by Crippen LogP contribution is -2.41. The lowest BCUT2D eigenvalue weighted by atomic mass is 9.98. The Balaban J connectivity index is 2.46. The third kappa shape index (κ3) is 2.62. The maximum Gasteiger partial charge on any atom is 0.112 e. The van der Waals surface area contributed by atoms with Crippen molar-refractivity contribution in [2.45, 2.75) is 32.4 Å². The van der Waals surface area contributed by atoms with Crippen molar-refractivity contribution >= 4 is 32.7 Å². The number of nitrogens with zero attached hydrogens (tertiary/aromatic N) is 2. The first-order chi connectivity index (χ1) is 8.40. The SMILES string of the molecule is CC(O)C(C)(C)Nc1ccnc2cc(Br)cnc12. The van der Waals surface area contributed by atoms with Gasteiger partial charge in [0.2, 0.25) is 0 Å². The van der Waals surface area contributed by atoms with E-state index in [-0.39, 0.29) is 0 Å². The molecule has 2 N–H and O–H groups in total.